The second kappa shape index (κ2) is 31.8. The Hall–Kier alpha value is -8.52. The van der Waals surface area contributed by atoms with E-state index in [0.29, 0.717) is 26.4 Å². The summed E-state index contributed by atoms with van der Waals surface area (Å²) in [6.45, 7) is 5.24. The lowest BCUT2D eigenvalue weighted by Crippen LogP contribution is -2.22. The third-order valence-electron chi connectivity index (χ3n) is 18.7. The van der Waals surface area contributed by atoms with Crippen molar-refractivity contribution in [1.29, 1.82) is 0 Å². The molecule has 10 aromatic rings. The molecule has 10 aromatic carbocycles. The van der Waals surface area contributed by atoms with Crippen molar-refractivity contribution >= 4 is 34.1 Å². The average Bonchev–Trinajstić information content (AvgIpc) is 0.983. The molecule has 0 amide bonds. The number of anilines is 6. The fraction of sp³-hybridized carbons (Fsp3) is 0.294. The van der Waals surface area contributed by atoms with Crippen LogP contribution >= 0.6 is 0 Å². The van der Waals surface area contributed by atoms with Gasteiger partial charge in [-0.1, -0.05) is 170 Å². The molecule has 4 saturated heterocycles. The van der Waals surface area contributed by atoms with Crippen molar-refractivity contribution in [3.05, 3.63) is 276 Å². The van der Waals surface area contributed by atoms with Crippen LogP contribution in [0.25, 0.3) is 44.5 Å². The van der Waals surface area contributed by atoms with Crippen molar-refractivity contribution in [3.63, 3.8) is 0 Å². The van der Waals surface area contributed by atoms with Gasteiger partial charge in [0, 0.05) is 60.6 Å². The molecule has 0 radical (unpaired) electrons. The highest BCUT2D eigenvalue weighted by Crippen LogP contribution is 2.40. The molecule has 484 valence electrons. The van der Waals surface area contributed by atoms with Crippen molar-refractivity contribution in [2.45, 2.75) is 135 Å². The van der Waals surface area contributed by atoms with E-state index in [4.69, 9.17) is 37.9 Å². The summed E-state index contributed by atoms with van der Waals surface area (Å²) in [7, 11) is 0. The quantitative estimate of drug-likeness (QED) is 0.0584. The molecular weight excluding hydrogens is 1180 g/mol. The molecule has 0 spiro atoms. The van der Waals surface area contributed by atoms with Crippen LogP contribution in [0.4, 0.5) is 34.1 Å². The molecule has 4 aliphatic rings. The number of hydrogen-bond donors (Lipinski definition) is 0. The summed E-state index contributed by atoms with van der Waals surface area (Å²) >= 11 is 0. The van der Waals surface area contributed by atoms with E-state index in [1.807, 2.05) is 0 Å². The van der Waals surface area contributed by atoms with Crippen LogP contribution in [-0.4, -0.2) is 51.6 Å². The van der Waals surface area contributed by atoms with Crippen LogP contribution < -0.4 is 9.80 Å². The molecule has 0 aliphatic carbocycles. The molecule has 95 heavy (non-hydrogen) atoms. The van der Waals surface area contributed by atoms with Gasteiger partial charge in [0.25, 0.3) is 0 Å². The first kappa shape index (κ1) is 63.9. The van der Waals surface area contributed by atoms with E-state index in [0.717, 1.165) is 177 Å². The minimum Gasteiger partial charge on any atom is -0.353 e. The lowest BCUT2D eigenvalue weighted by molar-refractivity contribution is -0.169. The standard InChI is InChI=1S/C85H86N2O8/c1-5-53-88-82(9-1)92-58-64-13-25-68(26-14-64)70-29-33-72(34-30-70)74-37-49-80(50-38-74)86(78-45-21-66(22-46-78)60-94-84-11-3-7-55-90-84)76-41-17-62(18-42-76)57-63-19-43-77(44-20-63)87(79-47-23-67(24-48-79)61-95-85-12-4-8-56-91-85)81-51-39-75(40-52-81)73-35-31-71(32-36-73)69-27-15-65(16-28-69)59-93-83-10-2-6-54-89-83/h13-52,82-85H,1-12,53-61H2. The van der Waals surface area contributed by atoms with Crippen LogP contribution in [0, 0.1) is 0 Å². The van der Waals surface area contributed by atoms with Gasteiger partial charge in [-0.3, -0.25) is 0 Å². The number of benzene rings is 10. The van der Waals surface area contributed by atoms with E-state index in [9.17, 15) is 0 Å². The van der Waals surface area contributed by atoms with Crippen molar-refractivity contribution in [2.75, 3.05) is 36.2 Å². The Morgan fingerprint density at radius 3 is 0.611 bits per heavy atom. The lowest BCUT2D eigenvalue weighted by Gasteiger charge is -2.27. The van der Waals surface area contributed by atoms with Crippen LogP contribution in [-0.2, 0) is 70.7 Å². The maximum absolute atomic E-state index is 6.20. The van der Waals surface area contributed by atoms with Gasteiger partial charge in [-0.05, 0) is 234 Å². The molecular formula is C85H86N2O8. The van der Waals surface area contributed by atoms with E-state index in [2.05, 4.69) is 252 Å². The number of hydrogen-bond acceptors (Lipinski definition) is 10. The van der Waals surface area contributed by atoms with Crippen molar-refractivity contribution in [2.24, 2.45) is 0 Å². The zero-order chi connectivity index (χ0) is 63.8. The molecule has 10 heteroatoms. The third-order valence-corrected chi connectivity index (χ3v) is 18.7. The van der Waals surface area contributed by atoms with Crippen molar-refractivity contribution in [3.8, 4) is 44.5 Å². The fourth-order valence-corrected chi connectivity index (χ4v) is 13.2. The summed E-state index contributed by atoms with van der Waals surface area (Å²) in [6, 6.07) is 88.5. The molecule has 0 aromatic heterocycles. The molecule has 0 saturated carbocycles. The predicted octanol–water partition coefficient (Wildman–Crippen LogP) is 21.1. The molecule has 4 fully saturated rings. The SMILES string of the molecule is c1cc(-c2ccc(-c3ccc(N(c4ccc(COC5CCCCO5)cc4)c4ccc(Cc5ccc(N(c6ccc(COC7CCCCO7)cc6)c6ccc(-c7ccc(-c8ccc(COC9CCCCO9)cc8)cc7)cc6)cc5)cc4)cc3)cc2)ccc1COC1CCCCO1. The summed E-state index contributed by atoms with van der Waals surface area (Å²) in [5.74, 6) is 0. The summed E-state index contributed by atoms with van der Waals surface area (Å²) in [4.78, 5) is 4.68. The van der Waals surface area contributed by atoms with Crippen LogP contribution in [0.1, 0.15) is 110 Å². The summed E-state index contributed by atoms with van der Waals surface area (Å²) in [5, 5.41) is 0. The first-order valence-electron chi connectivity index (χ1n) is 34.5. The van der Waals surface area contributed by atoms with Gasteiger partial charge in [0.15, 0.2) is 25.2 Å². The Labute approximate surface area is 560 Å². The van der Waals surface area contributed by atoms with Gasteiger partial charge in [0.1, 0.15) is 0 Å². The maximum Gasteiger partial charge on any atom is 0.158 e. The van der Waals surface area contributed by atoms with Gasteiger partial charge >= 0.3 is 0 Å². The van der Waals surface area contributed by atoms with Crippen LogP contribution in [0.2, 0.25) is 0 Å². The predicted molar refractivity (Wildman–Crippen MR) is 380 cm³/mol. The summed E-state index contributed by atoms with van der Waals surface area (Å²) < 4.78 is 47.8. The Kier molecular flexibility index (Phi) is 21.4. The van der Waals surface area contributed by atoms with Gasteiger partial charge in [-0.2, -0.15) is 0 Å². The van der Waals surface area contributed by atoms with Crippen LogP contribution in [0.3, 0.4) is 0 Å². The molecule has 10 nitrogen and oxygen atoms in total. The topological polar surface area (TPSA) is 80.3 Å². The maximum atomic E-state index is 6.20. The normalized spacial score (nSPS) is 18.3. The molecule has 4 aliphatic heterocycles. The second-order valence-electron chi connectivity index (χ2n) is 25.6. The Morgan fingerprint density at radius 2 is 0.400 bits per heavy atom. The summed E-state index contributed by atoms with van der Waals surface area (Å²) in [5.41, 5.74) is 22.8. The molecule has 0 N–H and O–H groups in total. The monoisotopic (exact) mass is 1260 g/mol. The molecule has 4 heterocycles. The zero-order valence-corrected chi connectivity index (χ0v) is 54.4. The zero-order valence-electron chi connectivity index (χ0n) is 54.4. The number of ether oxygens (including phenoxy) is 8. The number of rotatable bonds is 24. The highest BCUT2D eigenvalue weighted by molar-refractivity contribution is 5.81. The van der Waals surface area contributed by atoms with E-state index in [1.54, 1.807) is 0 Å². The molecule has 0 bridgehead atoms. The number of nitrogens with zero attached hydrogens (tertiary/aromatic N) is 2. The molecule has 4 unspecified atom stereocenters. The fourth-order valence-electron chi connectivity index (χ4n) is 13.2. The first-order chi connectivity index (χ1) is 47.0. The minimum absolute atomic E-state index is 0.0928. The second-order valence-corrected chi connectivity index (χ2v) is 25.6. The van der Waals surface area contributed by atoms with Gasteiger partial charge < -0.3 is 47.7 Å². The average molecular weight is 1260 g/mol. The van der Waals surface area contributed by atoms with Gasteiger partial charge in [0.05, 0.1) is 26.4 Å². The minimum atomic E-state index is -0.139. The highest BCUT2D eigenvalue weighted by Gasteiger charge is 2.21. The molecule has 14 rings (SSSR count). The van der Waals surface area contributed by atoms with Gasteiger partial charge in [-0.15, -0.1) is 0 Å². The first-order valence-corrected chi connectivity index (χ1v) is 34.5. The van der Waals surface area contributed by atoms with E-state index >= 15 is 0 Å². The van der Waals surface area contributed by atoms with Crippen LogP contribution in [0.5, 0.6) is 0 Å². The highest BCUT2D eigenvalue weighted by atomic mass is 16.7. The Morgan fingerprint density at radius 1 is 0.221 bits per heavy atom. The lowest BCUT2D eigenvalue weighted by atomic mass is 9.99. The van der Waals surface area contributed by atoms with Gasteiger partial charge in [0.2, 0.25) is 0 Å². The van der Waals surface area contributed by atoms with Gasteiger partial charge in [-0.25, -0.2) is 0 Å². The largest absolute Gasteiger partial charge is 0.353 e. The van der Waals surface area contributed by atoms with E-state index < -0.39 is 0 Å². The van der Waals surface area contributed by atoms with Crippen molar-refractivity contribution < 1.29 is 37.9 Å². The Balaban J connectivity index is 0.667. The van der Waals surface area contributed by atoms with Crippen molar-refractivity contribution in [1.82, 2.24) is 0 Å². The van der Waals surface area contributed by atoms with Crippen LogP contribution in [0.15, 0.2) is 243 Å². The summed E-state index contributed by atoms with van der Waals surface area (Å²) in [6.07, 6.45) is 13.2. The third kappa shape index (κ3) is 16.9. The van der Waals surface area contributed by atoms with E-state index in [1.165, 1.54) is 44.5 Å². The molecule has 4 atom stereocenters. The Bertz CT molecular complexity index is 3690. The smallest absolute Gasteiger partial charge is 0.158 e. The van der Waals surface area contributed by atoms with E-state index in [-0.39, 0.29) is 25.2 Å².